The number of amides is 5. The Balaban J connectivity index is 4.16. The van der Waals surface area contributed by atoms with Gasteiger partial charge in [0.05, 0.1) is 61.5 Å². The number of ketones is 6. The zero-order chi connectivity index (χ0) is 65.5. The molecule has 85 heavy (non-hydrogen) atoms. The van der Waals surface area contributed by atoms with Gasteiger partial charge in [-0.05, 0) is 95.4 Å². The van der Waals surface area contributed by atoms with E-state index in [4.69, 9.17) is 4.74 Å². The van der Waals surface area contributed by atoms with Gasteiger partial charge in [-0.15, -0.1) is 6.58 Å². The van der Waals surface area contributed by atoms with Crippen LogP contribution in [0.15, 0.2) is 24.8 Å². The SMILES string of the molecule is C=CCO[C@H](C)[C@H]1C(=O)C[C@@H](C(C)C)C(=O)N(C)[C@@H](CC(C)C)C(=O)C[C@@H](C)C(=O)N[C@H](C)C(=O)CN(C)[C@@H](CC(C)C)C(=O)C[C@@H](CC(C)C)C(=O)N(C)[C@@H](C(C)C)C(=O)C[C@@H]([C@H](O)[C@H](C)C/C=C/C)C(=O)N[C@@H](CC)C(=O)CCC(=O)N1C. The summed E-state index contributed by atoms with van der Waals surface area (Å²) in [6.45, 7) is 32.1. The van der Waals surface area contributed by atoms with E-state index in [1.807, 2.05) is 54.5 Å². The molecule has 19 heteroatoms. The lowest BCUT2D eigenvalue weighted by atomic mass is 9.82. The highest BCUT2D eigenvalue weighted by Crippen LogP contribution is 2.30. The molecule has 1 heterocycles. The fourth-order valence-electron chi connectivity index (χ4n) is 11.6. The van der Waals surface area contributed by atoms with Crippen LogP contribution >= 0.6 is 0 Å². The van der Waals surface area contributed by atoms with Crippen LogP contribution in [-0.2, 0) is 57.5 Å². The summed E-state index contributed by atoms with van der Waals surface area (Å²) < 4.78 is 5.94. The zero-order valence-electron chi connectivity index (χ0n) is 55.7. The molecule has 0 aromatic carbocycles. The minimum absolute atomic E-state index is 0.00724. The molecular formula is C66H112N6O13. The maximum absolute atomic E-state index is 14.8. The summed E-state index contributed by atoms with van der Waals surface area (Å²) in [5.41, 5.74) is 0. The standard InChI is InChI=1S/C66H112N6O13/c1-22-25-26-43(14)62(80)49-36-56(76)60(42(12)13)72(21)65(83)47(30-38(4)5)34-55(75)51(31-39(6)7)69(18)37-58(78)45(16)67-63(81)44(15)33-54(74)52(32-40(8)9)70(19)66(84)48(41(10)11)35-57(77)61(46(17)85-29-23-2)71(20)59(79)28-27-53(73)50(24-3)68-64(49)82/h22-23,25,38-52,60-62,80H,2,24,26-37H2,1,3-21H3,(H,67,81)(H,68,82)/b25-22+/t43-,44-,45-,46-,47-,48+,49+,50+,51+,52+,60+,61+,62-/m1/s1. The molecule has 3 N–H and O–H groups in total. The van der Waals surface area contributed by atoms with Crippen molar-refractivity contribution in [3.05, 3.63) is 24.8 Å². The van der Waals surface area contributed by atoms with Crippen molar-refractivity contribution in [3.63, 3.8) is 0 Å². The third kappa shape index (κ3) is 24.4. The van der Waals surface area contributed by atoms with Crippen LogP contribution in [0, 0.1) is 59.2 Å². The van der Waals surface area contributed by atoms with Crippen molar-refractivity contribution in [2.24, 2.45) is 59.2 Å². The van der Waals surface area contributed by atoms with Crippen LogP contribution in [0.25, 0.3) is 0 Å². The topological polar surface area (TPSA) is 254 Å². The molecule has 1 aliphatic rings. The Kier molecular flexibility index (Phi) is 34.2. The zero-order valence-corrected chi connectivity index (χ0v) is 55.7. The Morgan fingerprint density at radius 3 is 1.66 bits per heavy atom. The summed E-state index contributed by atoms with van der Waals surface area (Å²) in [7, 11) is 6.07. The number of allylic oxidation sites excluding steroid dienone is 2. The van der Waals surface area contributed by atoms with Gasteiger partial charge in [-0.1, -0.05) is 108 Å². The first-order valence-electron chi connectivity index (χ1n) is 31.3. The Hall–Kier alpha value is -5.27. The molecule has 13 atom stereocenters. The number of hydrogen-bond acceptors (Lipinski definition) is 14. The summed E-state index contributed by atoms with van der Waals surface area (Å²) in [6.07, 6.45) is 2.15. The van der Waals surface area contributed by atoms with E-state index < -0.39 is 149 Å². The number of aliphatic hydroxyl groups is 1. The highest BCUT2D eigenvalue weighted by molar-refractivity contribution is 5.99. The number of hydrogen-bond donors (Lipinski definition) is 3. The van der Waals surface area contributed by atoms with E-state index in [9.17, 15) is 57.8 Å². The van der Waals surface area contributed by atoms with Crippen LogP contribution in [0.3, 0.4) is 0 Å². The number of ether oxygens (including phenoxy) is 1. The van der Waals surface area contributed by atoms with Crippen LogP contribution in [0.1, 0.15) is 181 Å². The number of aliphatic hydroxyl groups excluding tert-OH is 1. The molecule has 1 fully saturated rings. The van der Waals surface area contributed by atoms with Gasteiger partial charge in [-0.25, -0.2) is 0 Å². The van der Waals surface area contributed by atoms with Crippen molar-refractivity contribution in [3.8, 4) is 0 Å². The lowest BCUT2D eigenvalue weighted by Crippen LogP contribution is -2.53. The molecule has 0 aromatic rings. The maximum atomic E-state index is 14.8. The normalized spacial score (nSPS) is 27.6. The summed E-state index contributed by atoms with van der Waals surface area (Å²) in [6, 6.07) is -6.28. The molecular weight excluding hydrogens is 1080 g/mol. The molecule has 1 rings (SSSR count). The van der Waals surface area contributed by atoms with Crippen molar-refractivity contribution >= 4 is 64.2 Å². The summed E-state index contributed by atoms with van der Waals surface area (Å²) >= 11 is 0. The minimum atomic E-state index is -1.38. The highest BCUT2D eigenvalue weighted by atomic mass is 16.5. The van der Waals surface area contributed by atoms with E-state index >= 15 is 0 Å². The largest absolute Gasteiger partial charge is 0.392 e. The quantitative estimate of drug-likeness (QED) is 0.120. The predicted octanol–water partition coefficient (Wildman–Crippen LogP) is 7.43. The second-order valence-electron chi connectivity index (χ2n) is 26.3. The van der Waals surface area contributed by atoms with Gasteiger partial charge in [0, 0.05) is 77.4 Å². The Labute approximate surface area is 510 Å². The minimum Gasteiger partial charge on any atom is -0.392 e. The fourth-order valence-corrected chi connectivity index (χ4v) is 11.6. The van der Waals surface area contributed by atoms with Crippen molar-refractivity contribution in [1.29, 1.82) is 0 Å². The average molecular weight is 1200 g/mol. The molecule has 0 saturated carbocycles. The van der Waals surface area contributed by atoms with Gasteiger partial charge in [0.1, 0.15) is 6.04 Å². The molecule has 19 nitrogen and oxygen atoms in total. The van der Waals surface area contributed by atoms with Gasteiger partial charge in [0.2, 0.25) is 29.5 Å². The molecule has 1 aliphatic heterocycles. The van der Waals surface area contributed by atoms with Crippen LogP contribution in [-0.4, -0.2) is 179 Å². The van der Waals surface area contributed by atoms with Gasteiger partial charge >= 0.3 is 0 Å². The molecule has 0 aliphatic carbocycles. The number of carbonyl (C=O) groups excluding carboxylic acids is 11. The van der Waals surface area contributed by atoms with Crippen LogP contribution in [0.5, 0.6) is 0 Å². The lowest BCUT2D eigenvalue weighted by Gasteiger charge is -2.36. The third-order valence-corrected chi connectivity index (χ3v) is 16.8. The van der Waals surface area contributed by atoms with Gasteiger partial charge < -0.3 is 35.2 Å². The number of nitrogens with one attached hydrogen (secondary N) is 2. The summed E-state index contributed by atoms with van der Waals surface area (Å²) in [5, 5.41) is 17.5. The Morgan fingerprint density at radius 2 is 1.14 bits per heavy atom. The van der Waals surface area contributed by atoms with E-state index in [-0.39, 0.29) is 87.4 Å². The van der Waals surface area contributed by atoms with Crippen molar-refractivity contribution in [1.82, 2.24) is 30.2 Å². The second-order valence-corrected chi connectivity index (χ2v) is 26.3. The number of carbonyl (C=O) groups is 11. The van der Waals surface area contributed by atoms with Gasteiger partial charge in [-0.3, -0.25) is 57.6 Å². The van der Waals surface area contributed by atoms with Crippen LogP contribution < -0.4 is 10.6 Å². The van der Waals surface area contributed by atoms with E-state index in [0.29, 0.717) is 19.3 Å². The first kappa shape index (κ1) is 77.7. The molecule has 484 valence electrons. The third-order valence-electron chi connectivity index (χ3n) is 16.8. The van der Waals surface area contributed by atoms with E-state index in [1.165, 1.54) is 48.8 Å². The number of nitrogens with zero attached hydrogens (tertiary/aromatic N) is 4. The fraction of sp³-hybridized carbons (Fsp3) is 0.773. The van der Waals surface area contributed by atoms with E-state index in [2.05, 4.69) is 17.2 Å². The molecule has 0 radical (unpaired) electrons. The van der Waals surface area contributed by atoms with Crippen molar-refractivity contribution in [2.45, 2.75) is 230 Å². The average Bonchev–Trinajstić information content (AvgIpc) is 3.42. The first-order valence-corrected chi connectivity index (χ1v) is 31.3. The number of Topliss-reactive ketones (excluding diaryl/α,β-unsaturated/α-hetero) is 6. The number of rotatable bonds is 17. The first-order chi connectivity index (χ1) is 39.5. The molecule has 1 saturated heterocycles. The molecule has 0 unspecified atom stereocenters. The Morgan fingerprint density at radius 1 is 0.600 bits per heavy atom. The predicted molar refractivity (Wildman–Crippen MR) is 332 cm³/mol. The van der Waals surface area contributed by atoms with Gasteiger partial charge in [-0.2, -0.15) is 0 Å². The van der Waals surface area contributed by atoms with Gasteiger partial charge in [0.25, 0.3) is 0 Å². The van der Waals surface area contributed by atoms with Gasteiger partial charge in [0.15, 0.2) is 34.7 Å². The van der Waals surface area contributed by atoms with Crippen molar-refractivity contribution in [2.75, 3.05) is 41.3 Å². The van der Waals surface area contributed by atoms with E-state index in [1.54, 1.807) is 73.4 Å². The maximum Gasteiger partial charge on any atom is 0.226 e. The van der Waals surface area contributed by atoms with Crippen molar-refractivity contribution < 1.29 is 62.6 Å². The molecule has 5 amide bonds. The number of likely N-dealkylation sites (N-methyl/N-ethyl adjacent to an activating group) is 4. The molecule has 0 aromatic heterocycles. The lowest BCUT2D eigenvalue weighted by molar-refractivity contribution is -0.148. The highest BCUT2D eigenvalue weighted by Gasteiger charge is 2.43. The smallest absolute Gasteiger partial charge is 0.226 e. The monoisotopic (exact) mass is 1200 g/mol. The van der Waals surface area contributed by atoms with E-state index in [0.717, 1.165) is 0 Å². The second kappa shape index (κ2) is 37.4. The molecule has 0 spiro atoms. The summed E-state index contributed by atoms with van der Waals surface area (Å²) in [4.78, 5) is 164. The van der Waals surface area contributed by atoms with Crippen LogP contribution in [0.4, 0.5) is 0 Å². The molecule has 0 bridgehead atoms. The van der Waals surface area contributed by atoms with Crippen LogP contribution in [0.2, 0.25) is 0 Å². The Bertz CT molecular complexity index is 2300. The summed E-state index contributed by atoms with van der Waals surface area (Å²) in [5.74, 6) is -11.2.